The lowest BCUT2D eigenvalue weighted by atomic mass is 9.82. The van der Waals surface area contributed by atoms with Crippen molar-refractivity contribution >= 4 is 0 Å². The first-order chi connectivity index (χ1) is 8.61. The summed E-state index contributed by atoms with van der Waals surface area (Å²) < 4.78 is 2.90. The number of aliphatic hydroxyl groups excluding tert-OH is 1. The molecular weight excluding hydrogens is 228 g/mol. The topological polar surface area (TPSA) is 42.2 Å². The zero-order chi connectivity index (χ0) is 12.8. The van der Waals surface area contributed by atoms with Gasteiger partial charge in [0, 0.05) is 30.1 Å². The summed E-state index contributed by atoms with van der Waals surface area (Å²) in [6, 6.07) is 5.63. The summed E-state index contributed by atoms with van der Waals surface area (Å²) in [5.74, 6) is 1.05. The summed E-state index contributed by atoms with van der Waals surface area (Å²) in [6.07, 6.45) is 1.20. The molecule has 1 saturated heterocycles. The number of hydrogen-bond donors (Lipinski definition) is 1. The van der Waals surface area contributed by atoms with Crippen molar-refractivity contribution in [3.63, 3.8) is 0 Å². The number of pyridine rings is 1. The van der Waals surface area contributed by atoms with Crippen molar-refractivity contribution < 1.29 is 9.59 Å². The maximum absolute atomic E-state index is 11.9. The third-order valence-corrected chi connectivity index (χ3v) is 4.56. The molecule has 1 fully saturated rings. The molecule has 0 saturated carbocycles. The van der Waals surface area contributed by atoms with E-state index in [0.717, 1.165) is 30.7 Å². The largest absolute Gasteiger partial charge is 0.391 e. The molecule has 3 rings (SSSR count). The summed E-state index contributed by atoms with van der Waals surface area (Å²) in [4.78, 5) is 11.9. The van der Waals surface area contributed by atoms with Gasteiger partial charge < -0.3 is 14.2 Å². The van der Waals surface area contributed by atoms with Crippen LogP contribution in [0.5, 0.6) is 0 Å². The van der Waals surface area contributed by atoms with Crippen LogP contribution in [0.1, 0.15) is 18.0 Å². The Morgan fingerprint density at radius 1 is 1.44 bits per heavy atom. The van der Waals surface area contributed by atoms with E-state index < -0.39 is 0 Å². The lowest BCUT2D eigenvalue weighted by Crippen LogP contribution is -2.57. The fraction of sp³-hybridized carbons (Fsp3) is 0.643. The van der Waals surface area contributed by atoms with E-state index in [9.17, 15) is 9.90 Å². The van der Waals surface area contributed by atoms with Gasteiger partial charge in [-0.1, -0.05) is 6.07 Å². The molecule has 0 radical (unpaired) electrons. The summed E-state index contributed by atoms with van der Waals surface area (Å²) in [6.45, 7) is 4.05. The molecule has 4 nitrogen and oxygen atoms in total. The molecule has 18 heavy (non-hydrogen) atoms. The van der Waals surface area contributed by atoms with Crippen LogP contribution in [0.3, 0.4) is 0 Å². The zero-order valence-corrected chi connectivity index (χ0v) is 10.9. The molecule has 0 amide bonds. The molecule has 3 atom stereocenters. The number of likely N-dealkylation sites (N-methyl/N-ethyl adjacent to an activating group) is 1. The normalized spacial score (nSPS) is 34.1. The average Bonchev–Trinajstić information content (AvgIpc) is 2.30. The van der Waals surface area contributed by atoms with Crippen LogP contribution in [0.2, 0.25) is 0 Å². The van der Waals surface area contributed by atoms with Gasteiger partial charge in [0.15, 0.2) is 0 Å². The minimum Gasteiger partial charge on any atom is -0.391 e. The van der Waals surface area contributed by atoms with Crippen LogP contribution in [-0.2, 0) is 6.54 Å². The summed E-state index contributed by atoms with van der Waals surface area (Å²) >= 11 is 0. The highest BCUT2D eigenvalue weighted by atomic mass is 16.3. The number of aliphatic hydroxyl groups is 1. The highest BCUT2D eigenvalue weighted by molar-refractivity contribution is 5.15. The predicted octanol–water partition coefficient (Wildman–Crippen LogP) is 0.404. The van der Waals surface area contributed by atoms with Crippen LogP contribution in [0.25, 0.3) is 0 Å². The molecule has 0 spiro atoms. The number of fused-ring (bicyclic) bond motifs is 4. The van der Waals surface area contributed by atoms with E-state index in [1.807, 2.05) is 10.6 Å². The summed E-state index contributed by atoms with van der Waals surface area (Å²) in [5.41, 5.74) is 1.33. The van der Waals surface area contributed by atoms with Crippen molar-refractivity contribution in [1.29, 1.82) is 0 Å². The van der Waals surface area contributed by atoms with Crippen LogP contribution < -0.4 is 5.56 Å². The van der Waals surface area contributed by atoms with Crippen molar-refractivity contribution in [3.05, 3.63) is 34.2 Å². The fourth-order valence-corrected chi connectivity index (χ4v) is 3.90. The van der Waals surface area contributed by atoms with Gasteiger partial charge in [-0.25, -0.2) is 0 Å². The number of rotatable bonds is 2. The van der Waals surface area contributed by atoms with E-state index in [1.54, 1.807) is 6.07 Å². The Labute approximate surface area is 107 Å². The third-order valence-electron chi connectivity index (χ3n) is 4.56. The predicted molar refractivity (Wildman–Crippen MR) is 69.4 cm³/mol. The molecule has 2 bridgehead atoms. The molecule has 2 aliphatic rings. The van der Waals surface area contributed by atoms with E-state index in [0.29, 0.717) is 11.8 Å². The Morgan fingerprint density at radius 2 is 2.28 bits per heavy atom. The zero-order valence-electron chi connectivity index (χ0n) is 10.9. The van der Waals surface area contributed by atoms with Gasteiger partial charge in [-0.2, -0.15) is 0 Å². The smallest absolute Gasteiger partial charge is 0.250 e. The Kier molecular flexibility index (Phi) is 2.79. The summed E-state index contributed by atoms with van der Waals surface area (Å²) in [5, 5.41) is 9.22. The quantitative estimate of drug-likeness (QED) is 0.771. The molecule has 98 valence electrons. The first-order valence-corrected chi connectivity index (χ1v) is 6.75. The maximum Gasteiger partial charge on any atom is 0.250 e. The molecule has 1 aromatic heterocycles. The SMILES string of the molecule is C[N+]1(CCO)CC2CC(C1)c1cccc(=O)n1C2. The van der Waals surface area contributed by atoms with Gasteiger partial charge in [0.1, 0.15) is 6.54 Å². The lowest BCUT2D eigenvalue weighted by molar-refractivity contribution is -0.920. The van der Waals surface area contributed by atoms with Crippen LogP contribution >= 0.6 is 0 Å². The van der Waals surface area contributed by atoms with Crippen molar-refractivity contribution in [2.75, 3.05) is 33.3 Å². The van der Waals surface area contributed by atoms with Crippen LogP contribution in [0, 0.1) is 5.92 Å². The Bertz CT molecular complexity index is 511. The second-order valence-electron chi connectivity index (χ2n) is 6.13. The van der Waals surface area contributed by atoms with Gasteiger partial charge in [0.25, 0.3) is 5.56 Å². The lowest BCUT2D eigenvalue weighted by Gasteiger charge is -2.47. The number of nitrogens with zero attached hydrogens (tertiary/aromatic N) is 2. The van der Waals surface area contributed by atoms with E-state index in [-0.39, 0.29) is 12.2 Å². The van der Waals surface area contributed by atoms with Crippen LogP contribution in [-0.4, -0.2) is 47.4 Å². The standard InChI is InChI=1S/C14H21N2O2/c1-16(5-6-17)9-11-7-12(10-16)13-3-2-4-14(18)15(13)8-11/h2-4,11-12,17H,5-10H2,1H3/q+1. The Hall–Kier alpha value is -1.13. The van der Waals surface area contributed by atoms with Gasteiger partial charge in [-0.15, -0.1) is 0 Å². The second-order valence-corrected chi connectivity index (χ2v) is 6.13. The number of hydrogen-bond acceptors (Lipinski definition) is 2. The van der Waals surface area contributed by atoms with Gasteiger partial charge in [-0.05, 0) is 12.5 Å². The molecular formula is C14H21N2O2+. The van der Waals surface area contributed by atoms with Crippen LogP contribution in [0.4, 0.5) is 0 Å². The number of aromatic nitrogens is 1. The van der Waals surface area contributed by atoms with E-state index in [1.165, 1.54) is 12.1 Å². The van der Waals surface area contributed by atoms with Crippen molar-refractivity contribution in [3.8, 4) is 0 Å². The fourth-order valence-electron chi connectivity index (χ4n) is 3.90. The number of likely N-dealkylation sites (tertiary alicyclic amines) is 1. The molecule has 0 aliphatic carbocycles. The van der Waals surface area contributed by atoms with Gasteiger partial charge >= 0.3 is 0 Å². The van der Waals surface area contributed by atoms with Crippen LogP contribution in [0.15, 0.2) is 23.0 Å². The molecule has 1 aromatic rings. The monoisotopic (exact) mass is 249 g/mol. The third kappa shape index (κ3) is 1.89. The van der Waals surface area contributed by atoms with E-state index in [4.69, 9.17) is 0 Å². The highest BCUT2D eigenvalue weighted by Gasteiger charge is 2.41. The Morgan fingerprint density at radius 3 is 3.06 bits per heavy atom. The maximum atomic E-state index is 11.9. The molecule has 1 N–H and O–H groups in total. The van der Waals surface area contributed by atoms with Gasteiger partial charge in [0.2, 0.25) is 0 Å². The molecule has 0 aromatic carbocycles. The van der Waals surface area contributed by atoms with Gasteiger partial charge in [-0.3, -0.25) is 4.79 Å². The van der Waals surface area contributed by atoms with E-state index in [2.05, 4.69) is 13.1 Å². The minimum absolute atomic E-state index is 0.139. The highest BCUT2D eigenvalue weighted by Crippen LogP contribution is 2.37. The summed E-state index contributed by atoms with van der Waals surface area (Å²) in [7, 11) is 2.23. The van der Waals surface area contributed by atoms with Crippen molar-refractivity contribution in [1.82, 2.24) is 4.57 Å². The molecule has 3 unspecified atom stereocenters. The molecule has 2 aliphatic heterocycles. The molecule has 4 heteroatoms. The molecule has 3 heterocycles. The first kappa shape index (κ1) is 11.9. The Balaban J connectivity index is 1.97. The average molecular weight is 249 g/mol. The minimum atomic E-state index is 0.139. The first-order valence-electron chi connectivity index (χ1n) is 6.75. The number of quaternary nitrogens is 1. The van der Waals surface area contributed by atoms with Crippen molar-refractivity contribution in [2.24, 2.45) is 5.92 Å². The number of piperidine rings is 1. The van der Waals surface area contributed by atoms with Crippen molar-refractivity contribution in [2.45, 2.75) is 18.9 Å². The van der Waals surface area contributed by atoms with E-state index >= 15 is 0 Å². The van der Waals surface area contributed by atoms with Gasteiger partial charge in [0.05, 0.1) is 26.7 Å². The second kappa shape index (κ2) is 4.21.